The largest absolute Gasteiger partial charge is 0.316 e. The minimum Gasteiger partial charge on any atom is -0.316 e. The molecule has 0 heterocycles. The van der Waals surface area contributed by atoms with Crippen LogP contribution in [0.3, 0.4) is 0 Å². The van der Waals surface area contributed by atoms with Crippen molar-refractivity contribution in [1.29, 1.82) is 0 Å². The van der Waals surface area contributed by atoms with Crippen LogP contribution in [-0.4, -0.2) is 13.1 Å². The first-order chi connectivity index (χ1) is 7.66. The highest BCUT2D eigenvalue weighted by Gasteiger charge is 2.36. The van der Waals surface area contributed by atoms with E-state index in [4.69, 9.17) is 0 Å². The lowest BCUT2D eigenvalue weighted by Crippen LogP contribution is -2.45. The smallest absolute Gasteiger partial charge is 0.0141 e. The van der Waals surface area contributed by atoms with E-state index in [-0.39, 0.29) is 0 Å². The van der Waals surface area contributed by atoms with Gasteiger partial charge in [-0.2, -0.15) is 0 Å². The molecular weight excluding hydrogens is 206 g/mol. The molecule has 0 aromatic heterocycles. The van der Waals surface area contributed by atoms with Gasteiger partial charge < -0.3 is 5.32 Å². The maximum absolute atomic E-state index is 3.57. The average Bonchev–Trinajstić information content (AvgIpc) is 2.16. The summed E-state index contributed by atoms with van der Waals surface area (Å²) in [6.45, 7) is 14.3. The van der Waals surface area contributed by atoms with Crippen molar-refractivity contribution in [3.63, 3.8) is 0 Å². The zero-order valence-corrected chi connectivity index (χ0v) is 13.1. The van der Waals surface area contributed by atoms with Gasteiger partial charge in [-0.3, -0.25) is 0 Å². The standard InChI is InChI=1S/C16H33N/c1-15(2,3)13-10-8-12(9-11-13)14(17-7)16(4,5)6/h12-14,17H,8-11H2,1-7H3. The van der Waals surface area contributed by atoms with Gasteiger partial charge in [0, 0.05) is 6.04 Å². The summed E-state index contributed by atoms with van der Waals surface area (Å²) >= 11 is 0. The Morgan fingerprint density at radius 2 is 1.35 bits per heavy atom. The molecule has 0 aromatic carbocycles. The highest BCUT2D eigenvalue weighted by Crippen LogP contribution is 2.42. The van der Waals surface area contributed by atoms with Gasteiger partial charge in [-0.05, 0) is 55.4 Å². The van der Waals surface area contributed by atoms with Gasteiger partial charge in [-0.1, -0.05) is 41.5 Å². The quantitative estimate of drug-likeness (QED) is 0.749. The van der Waals surface area contributed by atoms with Gasteiger partial charge in [0.05, 0.1) is 0 Å². The summed E-state index contributed by atoms with van der Waals surface area (Å²) in [6, 6.07) is 0.670. The van der Waals surface area contributed by atoms with Crippen molar-refractivity contribution in [1.82, 2.24) is 5.32 Å². The van der Waals surface area contributed by atoms with Crippen molar-refractivity contribution in [2.24, 2.45) is 22.7 Å². The molecule has 1 aliphatic rings. The SMILES string of the molecule is CNC(C1CCC(C(C)(C)C)CC1)C(C)(C)C. The summed E-state index contributed by atoms with van der Waals surface area (Å²) in [7, 11) is 2.13. The van der Waals surface area contributed by atoms with Crippen LogP contribution < -0.4 is 5.32 Å². The summed E-state index contributed by atoms with van der Waals surface area (Å²) in [5.74, 6) is 1.80. The van der Waals surface area contributed by atoms with Gasteiger partial charge >= 0.3 is 0 Å². The minimum absolute atomic E-state index is 0.383. The maximum Gasteiger partial charge on any atom is 0.0141 e. The number of rotatable bonds is 2. The number of nitrogens with one attached hydrogen (secondary N) is 1. The molecule has 1 nitrogen and oxygen atoms in total. The zero-order valence-electron chi connectivity index (χ0n) is 13.1. The molecule has 1 aliphatic carbocycles. The van der Waals surface area contributed by atoms with E-state index in [0.717, 1.165) is 11.8 Å². The van der Waals surface area contributed by atoms with Crippen LogP contribution in [0.4, 0.5) is 0 Å². The molecule has 17 heavy (non-hydrogen) atoms. The van der Waals surface area contributed by atoms with Crippen molar-refractivity contribution >= 4 is 0 Å². The van der Waals surface area contributed by atoms with Gasteiger partial charge in [0.2, 0.25) is 0 Å². The molecule has 0 spiro atoms. The average molecular weight is 239 g/mol. The van der Waals surface area contributed by atoms with Crippen LogP contribution in [-0.2, 0) is 0 Å². The molecule has 0 saturated heterocycles. The molecule has 1 N–H and O–H groups in total. The molecule has 0 aromatic rings. The first-order valence-electron chi connectivity index (χ1n) is 7.33. The van der Waals surface area contributed by atoms with Crippen LogP contribution in [0.25, 0.3) is 0 Å². The second kappa shape index (κ2) is 5.30. The molecule has 0 aliphatic heterocycles. The third-order valence-electron chi connectivity index (χ3n) is 4.71. The predicted molar refractivity (Wildman–Crippen MR) is 77.2 cm³/mol. The van der Waals surface area contributed by atoms with Gasteiger partial charge in [0.25, 0.3) is 0 Å². The molecule has 102 valence electrons. The third kappa shape index (κ3) is 3.98. The van der Waals surface area contributed by atoms with Crippen molar-refractivity contribution in [3.8, 4) is 0 Å². The van der Waals surface area contributed by atoms with Crippen LogP contribution in [0.1, 0.15) is 67.2 Å². The predicted octanol–water partition coefficient (Wildman–Crippen LogP) is 4.47. The summed E-state index contributed by atoms with van der Waals surface area (Å²) < 4.78 is 0. The molecule has 1 heteroatoms. The summed E-state index contributed by atoms with van der Waals surface area (Å²) in [5.41, 5.74) is 0.885. The normalized spacial score (nSPS) is 29.1. The molecule has 1 unspecified atom stereocenters. The maximum atomic E-state index is 3.57. The van der Waals surface area contributed by atoms with Gasteiger partial charge in [0.1, 0.15) is 0 Å². The van der Waals surface area contributed by atoms with Crippen molar-refractivity contribution in [2.45, 2.75) is 73.3 Å². The van der Waals surface area contributed by atoms with Crippen LogP contribution in [0, 0.1) is 22.7 Å². The van der Waals surface area contributed by atoms with Crippen molar-refractivity contribution in [3.05, 3.63) is 0 Å². The molecule has 1 saturated carbocycles. The Kier molecular flexibility index (Phi) is 4.68. The summed E-state index contributed by atoms with van der Waals surface area (Å²) in [5, 5.41) is 3.57. The molecule has 0 bridgehead atoms. The molecule has 0 radical (unpaired) electrons. The molecule has 1 atom stereocenters. The van der Waals surface area contributed by atoms with Crippen molar-refractivity contribution < 1.29 is 0 Å². The van der Waals surface area contributed by atoms with Gasteiger partial charge in [-0.25, -0.2) is 0 Å². The Balaban J connectivity index is 2.57. The van der Waals surface area contributed by atoms with E-state index in [9.17, 15) is 0 Å². The number of hydrogen-bond donors (Lipinski definition) is 1. The first kappa shape index (κ1) is 15.0. The monoisotopic (exact) mass is 239 g/mol. The highest BCUT2D eigenvalue weighted by molar-refractivity contribution is 4.90. The Hall–Kier alpha value is -0.0400. The lowest BCUT2D eigenvalue weighted by molar-refractivity contribution is 0.101. The number of hydrogen-bond acceptors (Lipinski definition) is 1. The fourth-order valence-corrected chi connectivity index (χ4v) is 3.69. The molecular formula is C16H33N. The molecule has 1 rings (SSSR count). The Bertz CT molecular complexity index is 223. The second-order valence-corrected chi connectivity index (χ2v) is 8.11. The van der Waals surface area contributed by atoms with E-state index in [1.807, 2.05) is 0 Å². The van der Waals surface area contributed by atoms with Gasteiger partial charge in [0.15, 0.2) is 0 Å². The fraction of sp³-hybridized carbons (Fsp3) is 1.00. The highest BCUT2D eigenvalue weighted by atomic mass is 14.9. The lowest BCUT2D eigenvalue weighted by Gasteiger charge is -2.43. The lowest BCUT2D eigenvalue weighted by atomic mass is 9.65. The summed E-state index contributed by atoms with van der Waals surface area (Å²) in [4.78, 5) is 0. The van der Waals surface area contributed by atoms with E-state index in [0.29, 0.717) is 16.9 Å². The van der Waals surface area contributed by atoms with E-state index >= 15 is 0 Å². The van der Waals surface area contributed by atoms with Crippen LogP contribution in [0.2, 0.25) is 0 Å². The van der Waals surface area contributed by atoms with E-state index in [1.165, 1.54) is 25.7 Å². The zero-order chi connectivity index (χ0) is 13.3. The van der Waals surface area contributed by atoms with Gasteiger partial charge in [-0.15, -0.1) is 0 Å². The Morgan fingerprint density at radius 1 is 0.882 bits per heavy atom. The van der Waals surface area contributed by atoms with E-state index < -0.39 is 0 Å². The summed E-state index contributed by atoms with van der Waals surface area (Å²) in [6.07, 6.45) is 5.65. The molecule has 1 fully saturated rings. The van der Waals surface area contributed by atoms with Crippen LogP contribution >= 0.6 is 0 Å². The first-order valence-corrected chi connectivity index (χ1v) is 7.33. The molecule has 0 amide bonds. The minimum atomic E-state index is 0.383. The van der Waals surface area contributed by atoms with Crippen LogP contribution in [0.5, 0.6) is 0 Å². The fourth-order valence-electron chi connectivity index (χ4n) is 3.69. The van der Waals surface area contributed by atoms with Crippen molar-refractivity contribution in [2.75, 3.05) is 7.05 Å². The Morgan fingerprint density at radius 3 is 1.65 bits per heavy atom. The van der Waals surface area contributed by atoms with E-state index in [2.05, 4.69) is 53.9 Å². The van der Waals surface area contributed by atoms with E-state index in [1.54, 1.807) is 0 Å². The Labute approximate surface area is 109 Å². The van der Waals surface area contributed by atoms with Crippen LogP contribution in [0.15, 0.2) is 0 Å². The topological polar surface area (TPSA) is 12.0 Å². The third-order valence-corrected chi connectivity index (χ3v) is 4.71. The second-order valence-electron chi connectivity index (χ2n) is 8.11.